The normalized spacial score (nSPS) is 23.9. The number of carbonyl (C=O) groups is 1. The average molecular weight is 527 g/mol. The zero-order valence-corrected chi connectivity index (χ0v) is 22.2. The highest BCUT2D eigenvalue weighted by molar-refractivity contribution is 5.97. The molecule has 1 atom stereocenters. The fourth-order valence-corrected chi connectivity index (χ4v) is 5.43. The van der Waals surface area contributed by atoms with Crippen molar-refractivity contribution in [3.05, 3.63) is 143 Å². The number of esters is 1. The summed E-state index contributed by atoms with van der Waals surface area (Å²) in [5, 5.41) is 6.87. The highest BCUT2D eigenvalue weighted by Gasteiger charge is 2.54. The number of allylic oxidation sites excluding steroid dienone is 9. The second-order valence-corrected chi connectivity index (χ2v) is 9.89. The number of hydrogen-bond donors (Lipinski definition) is 2. The Kier molecular flexibility index (Phi) is 6.99. The van der Waals surface area contributed by atoms with Gasteiger partial charge < -0.3 is 20.1 Å². The maximum atomic E-state index is 13.2. The number of hydrogen-bond acceptors (Lipinski definition) is 5. The predicted molar refractivity (Wildman–Crippen MR) is 158 cm³/mol. The van der Waals surface area contributed by atoms with Crippen molar-refractivity contribution in [2.24, 2.45) is 0 Å². The molecule has 40 heavy (non-hydrogen) atoms. The molecule has 0 saturated heterocycles. The molecule has 6 rings (SSSR count). The van der Waals surface area contributed by atoms with Crippen molar-refractivity contribution < 1.29 is 14.3 Å². The van der Waals surface area contributed by atoms with Crippen molar-refractivity contribution in [1.82, 2.24) is 5.32 Å². The summed E-state index contributed by atoms with van der Waals surface area (Å²) in [5.41, 5.74) is 4.31. The van der Waals surface area contributed by atoms with Gasteiger partial charge in [0, 0.05) is 40.8 Å². The van der Waals surface area contributed by atoms with E-state index in [4.69, 9.17) is 15.9 Å². The zero-order valence-electron chi connectivity index (χ0n) is 22.2. The summed E-state index contributed by atoms with van der Waals surface area (Å²) < 4.78 is 12.6. The standard InChI is InChI=1S/C35H30N2O3/c1-2-32-30(20-13-23-36-25-14-7-4-3-5-8-15-25)35(29-19-12-11-18-28(29)34(38)40-35)31-22-21-27(24-33(31)39-32)37-26-16-9-6-10-17-26/h1,4,7-9,11-22,24,36-37H,3,5-6,10,23H2/b7-4-,15-8-,20-13-,25-14+. The lowest BCUT2D eigenvalue weighted by Crippen LogP contribution is -2.35. The Hall–Kier alpha value is -4.95. The molecule has 2 aromatic carbocycles. The van der Waals surface area contributed by atoms with E-state index in [2.05, 4.69) is 65.2 Å². The summed E-state index contributed by atoms with van der Waals surface area (Å²) in [6.45, 7) is 0.551. The molecule has 5 heteroatoms. The Morgan fingerprint density at radius 3 is 2.67 bits per heavy atom. The van der Waals surface area contributed by atoms with E-state index in [0.29, 0.717) is 29.2 Å². The lowest BCUT2D eigenvalue weighted by Gasteiger charge is -2.36. The van der Waals surface area contributed by atoms with Crippen molar-refractivity contribution in [1.29, 1.82) is 0 Å². The van der Waals surface area contributed by atoms with Gasteiger partial charge in [-0.25, -0.2) is 4.79 Å². The molecule has 4 aliphatic rings. The van der Waals surface area contributed by atoms with Crippen molar-refractivity contribution in [2.75, 3.05) is 11.9 Å². The Morgan fingerprint density at radius 1 is 0.975 bits per heavy atom. The van der Waals surface area contributed by atoms with Crippen LogP contribution in [0, 0.1) is 12.3 Å². The molecule has 1 unspecified atom stereocenters. The first-order chi connectivity index (χ1) is 19.7. The minimum absolute atomic E-state index is 0.315. The van der Waals surface area contributed by atoms with Gasteiger partial charge in [0.15, 0.2) is 11.4 Å². The van der Waals surface area contributed by atoms with Crippen molar-refractivity contribution in [2.45, 2.75) is 31.3 Å². The zero-order chi connectivity index (χ0) is 27.4. The quantitative estimate of drug-likeness (QED) is 0.315. The summed E-state index contributed by atoms with van der Waals surface area (Å²) in [5.74, 6) is 3.19. The maximum absolute atomic E-state index is 13.2. The number of anilines is 1. The molecule has 2 aliphatic carbocycles. The van der Waals surface area contributed by atoms with Gasteiger partial charge in [-0.1, -0.05) is 60.7 Å². The van der Waals surface area contributed by atoms with Crippen LogP contribution in [-0.4, -0.2) is 12.5 Å². The lowest BCUT2D eigenvalue weighted by molar-refractivity contribution is 0.0218. The van der Waals surface area contributed by atoms with E-state index in [-0.39, 0.29) is 5.97 Å². The molecule has 0 aromatic heterocycles. The van der Waals surface area contributed by atoms with Gasteiger partial charge in [0.1, 0.15) is 5.75 Å². The highest BCUT2D eigenvalue weighted by Crippen LogP contribution is 2.54. The second kappa shape index (κ2) is 11.0. The number of nitrogens with one attached hydrogen (secondary N) is 2. The molecule has 0 fully saturated rings. The first-order valence-corrected chi connectivity index (χ1v) is 13.6. The number of carbonyl (C=O) groups excluding carboxylic acids is 1. The molecule has 1 spiro atoms. The van der Waals surface area contributed by atoms with Gasteiger partial charge in [-0.15, -0.1) is 6.42 Å². The Labute approximate surface area is 235 Å². The first-order valence-electron chi connectivity index (χ1n) is 13.6. The van der Waals surface area contributed by atoms with E-state index in [1.165, 1.54) is 0 Å². The van der Waals surface area contributed by atoms with E-state index in [1.54, 1.807) is 6.07 Å². The molecule has 2 N–H and O–H groups in total. The molecular weight excluding hydrogens is 496 g/mol. The van der Waals surface area contributed by atoms with Crippen LogP contribution in [0.1, 0.15) is 47.2 Å². The van der Waals surface area contributed by atoms with E-state index in [9.17, 15) is 4.79 Å². The third-order valence-electron chi connectivity index (χ3n) is 7.30. The molecule has 0 saturated carbocycles. The molecule has 2 heterocycles. The minimum Gasteiger partial charge on any atom is -0.447 e. The summed E-state index contributed by atoms with van der Waals surface area (Å²) >= 11 is 0. The predicted octanol–water partition coefficient (Wildman–Crippen LogP) is 6.96. The van der Waals surface area contributed by atoms with Gasteiger partial charge in [0.25, 0.3) is 0 Å². The number of fused-ring (bicyclic) bond motifs is 4. The molecule has 2 aliphatic heterocycles. The monoisotopic (exact) mass is 526 g/mol. The van der Waals surface area contributed by atoms with Gasteiger partial charge in [0.05, 0.1) is 11.1 Å². The van der Waals surface area contributed by atoms with Crippen LogP contribution < -0.4 is 15.4 Å². The van der Waals surface area contributed by atoms with Gasteiger partial charge >= 0.3 is 5.97 Å². The molecular formula is C35H30N2O3. The number of benzene rings is 2. The van der Waals surface area contributed by atoms with Gasteiger partial charge in [-0.3, -0.25) is 0 Å². The van der Waals surface area contributed by atoms with E-state index in [0.717, 1.165) is 53.9 Å². The number of terminal acetylenes is 1. The van der Waals surface area contributed by atoms with Crippen LogP contribution in [0.25, 0.3) is 0 Å². The fourth-order valence-electron chi connectivity index (χ4n) is 5.43. The van der Waals surface area contributed by atoms with E-state index >= 15 is 0 Å². The van der Waals surface area contributed by atoms with E-state index in [1.807, 2.05) is 48.6 Å². The minimum atomic E-state index is -1.22. The second-order valence-electron chi connectivity index (χ2n) is 9.89. The lowest BCUT2D eigenvalue weighted by atomic mass is 9.77. The highest BCUT2D eigenvalue weighted by atomic mass is 16.6. The Bertz CT molecular complexity index is 1610. The number of ether oxygens (including phenoxy) is 2. The topological polar surface area (TPSA) is 59.6 Å². The van der Waals surface area contributed by atoms with Crippen molar-refractivity contribution in [3.8, 4) is 18.1 Å². The fraction of sp³-hybridized carbons (Fsp3) is 0.171. The summed E-state index contributed by atoms with van der Waals surface area (Å²) in [6, 6.07) is 13.3. The molecule has 2 aromatic rings. The van der Waals surface area contributed by atoms with Crippen LogP contribution >= 0.6 is 0 Å². The third-order valence-corrected chi connectivity index (χ3v) is 7.30. The largest absolute Gasteiger partial charge is 0.447 e. The van der Waals surface area contributed by atoms with Crippen LogP contribution in [0.5, 0.6) is 5.75 Å². The van der Waals surface area contributed by atoms with Crippen LogP contribution in [0.2, 0.25) is 0 Å². The molecule has 5 nitrogen and oxygen atoms in total. The van der Waals surface area contributed by atoms with Crippen LogP contribution in [-0.2, 0) is 10.3 Å². The molecule has 198 valence electrons. The van der Waals surface area contributed by atoms with Crippen LogP contribution in [0.15, 0.2) is 126 Å². The van der Waals surface area contributed by atoms with Crippen LogP contribution in [0.3, 0.4) is 0 Å². The van der Waals surface area contributed by atoms with Gasteiger partial charge in [-0.05, 0) is 68.0 Å². The summed E-state index contributed by atoms with van der Waals surface area (Å²) in [7, 11) is 0. The first kappa shape index (κ1) is 25.3. The maximum Gasteiger partial charge on any atom is 0.340 e. The van der Waals surface area contributed by atoms with Crippen molar-refractivity contribution >= 4 is 11.7 Å². The molecule has 0 radical (unpaired) electrons. The molecule has 0 amide bonds. The number of rotatable bonds is 6. The SMILES string of the molecule is C#CC1=C(/C=C\CNC2=C/C=C\CC/C=C\2)C2(OC(=O)c3ccccc32)c2ccc(NC3=CCCC=C3)cc2O1. The summed E-state index contributed by atoms with van der Waals surface area (Å²) in [6.07, 6.45) is 30.9. The van der Waals surface area contributed by atoms with Gasteiger partial charge in [-0.2, -0.15) is 0 Å². The Morgan fingerprint density at radius 2 is 1.80 bits per heavy atom. The molecule has 0 bridgehead atoms. The van der Waals surface area contributed by atoms with Crippen LogP contribution in [0.4, 0.5) is 5.69 Å². The van der Waals surface area contributed by atoms with Gasteiger partial charge in [0.2, 0.25) is 0 Å². The summed E-state index contributed by atoms with van der Waals surface area (Å²) in [4.78, 5) is 13.2. The van der Waals surface area contributed by atoms with Crippen molar-refractivity contribution in [3.63, 3.8) is 0 Å². The van der Waals surface area contributed by atoms with E-state index < -0.39 is 5.60 Å². The Balaban J connectivity index is 1.39. The average Bonchev–Trinajstić information content (AvgIpc) is 3.25. The third kappa shape index (κ3) is 4.69. The smallest absolute Gasteiger partial charge is 0.340 e.